The van der Waals surface area contributed by atoms with Crippen LogP contribution >= 0.6 is 0 Å². The predicted octanol–water partition coefficient (Wildman–Crippen LogP) is 2.80. The van der Waals surface area contributed by atoms with Crippen molar-refractivity contribution in [1.82, 2.24) is 0 Å². The van der Waals surface area contributed by atoms with Gasteiger partial charge in [-0.05, 0) is 23.8 Å². The zero-order chi connectivity index (χ0) is 17.7. The van der Waals surface area contributed by atoms with Crippen LogP contribution in [0.4, 0.5) is 0 Å². The maximum absolute atomic E-state index is 13.1. The monoisotopic (exact) mass is 332 g/mol. The number of para-hydroxylation sites is 1. The first kappa shape index (κ1) is 17.6. The number of carbonyl (C=O) groups is 1. The van der Waals surface area contributed by atoms with E-state index in [-0.39, 0.29) is 35.2 Å². The Morgan fingerprint density at radius 1 is 1.00 bits per heavy atom. The Kier molecular flexibility index (Phi) is 5.65. The summed E-state index contributed by atoms with van der Waals surface area (Å²) in [6.45, 7) is 0.156. The highest BCUT2D eigenvalue weighted by Gasteiger charge is 2.26. The van der Waals surface area contributed by atoms with Gasteiger partial charge in [0.1, 0.15) is 5.75 Å². The van der Waals surface area contributed by atoms with Gasteiger partial charge in [-0.25, -0.2) is 0 Å². The van der Waals surface area contributed by atoms with Crippen LogP contribution in [0.15, 0.2) is 30.3 Å². The van der Waals surface area contributed by atoms with E-state index in [0.29, 0.717) is 16.9 Å². The summed E-state index contributed by atoms with van der Waals surface area (Å²) < 4.78 is 20.8. The van der Waals surface area contributed by atoms with E-state index in [1.54, 1.807) is 30.3 Å². The van der Waals surface area contributed by atoms with Gasteiger partial charge in [0.05, 0.1) is 39.1 Å². The summed E-state index contributed by atoms with van der Waals surface area (Å²) in [4.78, 5) is 13.1. The molecule has 1 N–H and O–H groups in total. The van der Waals surface area contributed by atoms with Crippen molar-refractivity contribution in [2.45, 2.75) is 6.61 Å². The third-order valence-electron chi connectivity index (χ3n) is 3.60. The van der Waals surface area contributed by atoms with Crippen LogP contribution in [-0.2, 0) is 11.3 Å². The zero-order valence-corrected chi connectivity index (χ0v) is 14.1. The molecule has 0 saturated carbocycles. The minimum absolute atomic E-state index is 0.0392. The molecule has 0 bridgehead atoms. The van der Waals surface area contributed by atoms with Crippen molar-refractivity contribution in [3.8, 4) is 23.0 Å². The summed E-state index contributed by atoms with van der Waals surface area (Å²) in [7, 11) is 5.81. The molecule has 0 amide bonds. The maximum atomic E-state index is 13.1. The smallest absolute Gasteiger partial charge is 0.201 e. The number of aromatic hydroxyl groups is 1. The molecule has 2 aromatic rings. The molecule has 0 aliphatic carbocycles. The Balaban J connectivity index is 2.71. The van der Waals surface area contributed by atoms with Gasteiger partial charge in [-0.15, -0.1) is 0 Å². The molecule has 2 rings (SSSR count). The zero-order valence-electron chi connectivity index (χ0n) is 14.1. The SMILES string of the molecule is COCc1cc(OC)c(O)c(OC)c1C(=O)c1ccccc1OC. The van der Waals surface area contributed by atoms with Gasteiger partial charge in [0.15, 0.2) is 11.5 Å². The van der Waals surface area contributed by atoms with Crippen molar-refractivity contribution in [2.75, 3.05) is 28.4 Å². The summed E-state index contributed by atoms with van der Waals surface area (Å²) in [6.07, 6.45) is 0. The van der Waals surface area contributed by atoms with Crippen molar-refractivity contribution < 1.29 is 28.8 Å². The van der Waals surface area contributed by atoms with Crippen LogP contribution in [-0.4, -0.2) is 39.3 Å². The van der Waals surface area contributed by atoms with Crippen LogP contribution in [0.25, 0.3) is 0 Å². The van der Waals surface area contributed by atoms with Gasteiger partial charge >= 0.3 is 0 Å². The largest absolute Gasteiger partial charge is 0.502 e. The van der Waals surface area contributed by atoms with E-state index in [9.17, 15) is 9.90 Å². The van der Waals surface area contributed by atoms with E-state index in [2.05, 4.69) is 0 Å². The van der Waals surface area contributed by atoms with Crippen LogP contribution in [0.2, 0.25) is 0 Å². The molecular formula is C18H20O6. The lowest BCUT2D eigenvalue weighted by Crippen LogP contribution is -2.11. The normalized spacial score (nSPS) is 10.3. The van der Waals surface area contributed by atoms with E-state index < -0.39 is 0 Å². The van der Waals surface area contributed by atoms with Crippen LogP contribution in [0.3, 0.4) is 0 Å². The number of benzene rings is 2. The van der Waals surface area contributed by atoms with Crippen molar-refractivity contribution in [3.63, 3.8) is 0 Å². The van der Waals surface area contributed by atoms with Gasteiger partial charge < -0.3 is 24.1 Å². The lowest BCUT2D eigenvalue weighted by Gasteiger charge is -2.17. The predicted molar refractivity (Wildman–Crippen MR) is 88.4 cm³/mol. The van der Waals surface area contributed by atoms with Crippen LogP contribution in [0.1, 0.15) is 21.5 Å². The fourth-order valence-corrected chi connectivity index (χ4v) is 2.51. The molecule has 2 aromatic carbocycles. The first-order chi connectivity index (χ1) is 11.6. The summed E-state index contributed by atoms with van der Waals surface area (Å²) in [5.74, 6) is 0.100. The van der Waals surface area contributed by atoms with Gasteiger partial charge in [-0.2, -0.15) is 0 Å². The lowest BCUT2D eigenvalue weighted by molar-refractivity contribution is 0.102. The fourth-order valence-electron chi connectivity index (χ4n) is 2.51. The molecule has 0 fully saturated rings. The Morgan fingerprint density at radius 2 is 1.67 bits per heavy atom. The maximum Gasteiger partial charge on any atom is 0.201 e. The van der Waals surface area contributed by atoms with E-state index in [1.165, 1.54) is 28.4 Å². The highest BCUT2D eigenvalue weighted by atomic mass is 16.5. The summed E-state index contributed by atoms with van der Waals surface area (Å²) in [5.41, 5.74) is 1.11. The molecule has 0 aromatic heterocycles. The number of hydrogen-bond donors (Lipinski definition) is 1. The molecule has 24 heavy (non-hydrogen) atoms. The van der Waals surface area contributed by atoms with Crippen LogP contribution in [0.5, 0.6) is 23.0 Å². The molecule has 0 saturated heterocycles. The van der Waals surface area contributed by atoms with Crippen molar-refractivity contribution in [3.05, 3.63) is 47.0 Å². The van der Waals surface area contributed by atoms with Crippen LogP contribution < -0.4 is 14.2 Å². The highest BCUT2D eigenvalue weighted by molar-refractivity contribution is 6.14. The fraction of sp³-hybridized carbons (Fsp3) is 0.278. The minimum atomic E-state index is -0.339. The molecule has 128 valence electrons. The number of phenols is 1. The van der Waals surface area contributed by atoms with Crippen molar-refractivity contribution >= 4 is 5.78 Å². The average Bonchev–Trinajstić information content (AvgIpc) is 2.62. The number of hydrogen-bond acceptors (Lipinski definition) is 6. The average molecular weight is 332 g/mol. The quantitative estimate of drug-likeness (QED) is 0.786. The molecule has 0 aliphatic rings. The van der Waals surface area contributed by atoms with Gasteiger partial charge in [0.25, 0.3) is 0 Å². The molecule has 0 radical (unpaired) electrons. The standard InChI is InChI=1S/C18H20O6/c1-21-10-11-9-14(23-3)17(20)18(24-4)15(11)16(19)12-7-5-6-8-13(12)22-2/h5-9,20H,10H2,1-4H3. The van der Waals surface area contributed by atoms with Gasteiger partial charge in [0.2, 0.25) is 11.5 Å². The number of methoxy groups -OCH3 is 4. The Morgan fingerprint density at radius 3 is 2.25 bits per heavy atom. The number of phenolic OH excluding ortho intramolecular Hbond substituents is 1. The number of rotatable bonds is 7. The third kappa shape index (κ3) is 3.14. The van der Waals surface area contributed by atoms with Crippen molar-refractivity contribution in [1.29, 1.82) is 0 Å². The molecule has 0 heterocycles. The second kappa shape index (κ2) is 7.70. The summed E-state index contributed by atoms with van der Waals surface area (Å²) in [5, 5.41) is 10.3. The Hall–Kier alpha value is -2.73. The molecule has 0 unspecified atom stereocenters. The van der Waals surface area contributed by atoms with Crippen molar-refractivity contribution in [2.24, 2.45) is 0 Å². The van der Waals surface area contributed by atoms with E-state index >= 15 is 0 Å². The number of ether oxygens (including phenoxy) is 4. The van der Waals surface area contributed by atoms with Gasteiger partial charge in [-0.1, -0.05) is 12.1 Å². The van der Waals surface area contributed by atoms with Gasteiger partial charge in [0, 0.05) is 7.11 Å². The molecule has 6 nitrogen and oxygen atoms in total. The van der Waals surface area contributed by atoms with E-state index in [4.69, 9.17) is 18.9 Å². The molecular weight excluding hydrogens is 312 g/mol. The second-order valence-corrected chi connectivity index (χ2v) is 4.96. The van der Waals surface area contributed by atoms with E-state index in [0.717, 1.165) is 0 Å². The first-order valence-corrected chi connectivity index (χ1v) is 7.22. The highest BCUT2D eigenvalue weighted by Crippen LogP contribution is 2.42. The molecule has 0 atom stereocenters. The Labute approximate surface area is 140 Å². The summed E-state index contributed by atoms with van der Waals surface area (Å²) in [6, 6.07) is 8.41. The molecule has 0 spiro atoms. The van der Waals surface area contributed by atoms with Crippen LogP contribution in [0, 0.1) is 0 Å². The third-order valence-corrected chi connectivity index (χ3v) is 3.60. The molecule has 0 aliphatic heterocycles. The lowest BCUT2D eigenvalue weighted by atomic mass is 9.96. The van der Waals surface area contributed by atoms with Gasteiger partial charge in [-0.3, -0.25) is 4.79 Å². The second-order valence-electron chi connectivity index (χ2n) is 4.96. The minimum Gasteiger partial charge on any atom is -0.502 e. The first-order valence-electron chi connectivity index (χ1n) is 7.22. The Bertz CT molecular complexity index is 739. The summed E-state index contributed by atoms with van der Waals surface area (Å²) >= 11 is 0. The molecule has 6 heteroatoms. The number of ketones is 1. The number of carbonyl (C=O) groups excluding carboxylic acids is 1. The topological polar surface area (TPSA) is 74.2 Å². The van der Waals surface area contributed by atoms with E-state index in [1.807, 2.05) is 0 Å².